The number of hydrogen-bond donors (Lipinski definition) is 4. The number of nitrogens with zero attached hydrogens (tertiary/aromatic N) is 3. The number of fused-ring (bicyclic) bond motifs is 2. The van der Waals surface area contributed by atoms with E-state index in [1.165, 1.54) is 12.1 Å². The zero-order valence-corrected chi connectivity index (χ0v) is 16.9. The maximum absolute atomic E-state index is 12.3. The van der Waals surface area contributed by atoms with Gasteiger partial charge in [-0.1, -0.05) is 0 Å². The van der Waals surface area contributed by atoms with Crippen molar-refractivity contribution in [3.05, 3.63) is 67.9 Å². The SMILES string of the molecule is Cc1cc2nc3c(=O)[nH]c(=O)nc-3n(CCNc3ccc(N)c(C(=O)O)c3)c2cc1C. The smallest absolute Gasteiger partial charge is 0.349 e. The molecule has 0 aromatic heterocycles. The van der Waals surface area contributed by atoms with Crippen molar-refractivity contribution in [3.63, 3.8) is 0 Å². The Balaban J connectivity index is 1.76. The van der Waals surface area contributed by atoms with Crippen molar-refractivity contribution in [3.8, 4) is 11.5 Å². The Morgan fingerprint density at radius 1 is 1.16 bits per heavy atom. The summed E-state index contributed by atoms with van der Waals surface area (Å²) in [7, 11) is 0. The summed E-state index contributed by atoms with van der Waals surface area (Å²) in [5.74, 6) is -0.922. The van der Waals surface area contributed by atoms with E-state index in [4.69, 9.17) is 5.73 Å². The van der Waals surface area contributed by atoms with Crippen molar-refractivity contribution in [2.24, 2.45) is 0 Å². The van der Waals surface area contributed by atoms with Gasteiger partial charge in [-0.2, -0.15) is 4.98 Å². The van der Waals surface area contributed by atoms with E-state index in [9.17, 15) is 19.5 Å². The zero-order chi connectivity index (χ0) is 22.3. The van der Waals surface area contributed by atoms with Gasteiger partial charge in [0.15, 0.2) is 11.5 Å². The molecule has 2 aliphatic rings. The number of anilines is 2. The topological polar surface area (TPSA) is 156 Å². The van der Waals surface area contributed by atoms with Crippen LogP contribution in [0.4, 0.5) is 11.4 Å². The summed E-state index contributed by atoms with van der Waals surface area (Å²) in [6, 6.07) is 8.49. The number of nitrogens with two attached hydrogens (primary N) is 1. The second kappa shape index (κ2) is 7.56. The number of H-pyrrole nitrogens is 1. The number of carboxylic acid groups (broad SMARTS) is 1. The molecule has 0 unspecified atom stereocenters. The van der Waals surface area contributed by atoms with E-state index >= 15 is 0 Å². The molecule has 0 radical (unpaired) electrons. The second-order valence-electron chi connectivity index (χ2n) is 7.27. The van der Waals surface area contributed by atoms with Crippen LogP contribution in [0.1, 0.15) is 21.5 Å². The highest BCUT2D eigenvalue weighted by Gasteiger charge is 2.19. The second-order valence-corrected chi connectivity index (χ2v) is 7.27. The van der Waals surface area contributed by atoms with E-state index in [0.29, 0.717) is 24.3 Å². The van der Waals surface area contributed by atoms with Gasteiger partial charge in [-0.15, -0.1) is 0 Å². The molecule has 2 aromatic carbocycles. The molecule has 4 rings (SSSR count). The van der Waals surface area contributed by atoms with Crippen LogP contribution in [-0.2, 0) is 6.54 Å². The molecule has 10 nitrogen and oxygen atoms in total. The lowest BCUT2D eigenvalue weighted by Crippen LogP contribution is -2.29. The van der Waals surface area contributed by atoms with Crippen LogP contribution in [0.3, 0.4) is 0 Å². The number of carbonyl (C=O) groups is 1. The number of aromatic nitrogens is 4. The lowest BCUT2D eigenvalue weighted by molar-refractivity contribution is 0.0698. The molecule has 0 saturated carbocycles. The fourth-order valence-electron chi connectivity index (χ4n) is 3.44. The highest BCUT2D eigenvalue weighted by molar-refractivity contribution is 5.94. The average molecular weight is 420 g/mol. The van der Waals surface area contributed by atoms with Crippen LogP contribution in [0, 0.1) is 13.8 Å². The van der Waals surface area contributed by atoms with Gasteiger partial charge in [0.2, 0.25) is 0 Å². The fourth-order valence-corrected chi connectivity index (χ4v) is 3.44. The van der Waals surface area contributed by atoms with Crippen LogP contribution in [0.15, 0.2) is 39.9 Å². The van der Waals surface area contributed by atoms with E-state index in [0.717, 1.165) is 16.6 Å². The van der Waals surface area contributed by atoms with Crippen molar-refractivity contribution in [2.75, 3.05) is 17.6 Å². The van der Waals surface area contributed by atoms with E-state index in [-0.39, 0.29) is 22.8 Å². The largest absolute Gasteiger partial charge is 0.478 e. The third kappa shape index (κ3) is 3.70. The van der Waals surface area contributed by atoms with Gasteiger partial charge >= 0.3 is 11.7 Å². The Bertz CT molecular complexity index is 1420. The van der Waals surface area contributed by atoms with Crippen LogP contribution in [-0.4, -0.2) is 37.1 Å². The number of carboxylic acids is 1. The highest BCUT2D eigenvalue weighted by Crippen LogP contribution is 2.24. The van der Waals surface area contributed by atoms with Gasteiger partial charge in [0.25, 0.3) is 5.56 Å². The number of aromatic carboxylic acids is 1. The predicted molar refractivity (Wildman–Crippen MR) is 117 cm³/mol. The molecule has 0 fully saturated rings. The van der Waals surface area contributed by atoms with Crippen molar-refractivity contribution >= 4 is 28.4 Å². The first-order valence-electron chi connectivity index (χ1n) is 9.53. The Morgan fingerprint density at radius 2 is 1.90 bits per heavy atom. The van der Waals surface area contributed by atoms with E-state index in [1.54, 1.807) is 10.6 Å². The molecule has 31 heavy (non-hydrogen) atoms. The van der Waals surface area contributed by atoms with Gasteiger partial charge in [0.1, 0.15) is 0 Å². The van der Waals surface area contributed by atoms with Crippen molar-refractivity contribution in [1.82, 2.24) is 19.5 Å². The molecule has 2 aliphatic heterocycles. The third-order valence-electron chi connectivity index (χ3n) is 5.17. The summed E-state index contributed by atoms with van der Waals surface area (Å²) in [5.41, 5.74) is 8.61. The maximum atomic E-state index is 12.3. The Morgan fingerprint density at radius 3 is 2.65 bits per heavy atom. The fraction of sp³-hybridized carbons (Fsp3) is 0.190. The minimum Gasteiger partial charge on any atom is -0.478 e. The molecule has 0 saturated heterocycles. The van der Waals surface area contributed by atoms with Gasteiger partial charge < -0.3 is 20.7 Å². The molecule has 0 aliphatic carbocycles. The first-order chi connectivity index (χ1) is 14.7. The minimum atomic E-state index is -1.11. The summed E-state index contributed by atoms with van der Waals surface area (Å²) >= 11 is 0. The first-order valence-corrected chi connectivity index (χ1v) is 9.53. The quantitative estimate of drug-likeness (QED) is 0.280. The molecule has 2 aromatic rings. The predicted octanol–water partition coefficient (Wildman–Crippen LogP) is 1.59. The number of aryl methyl sites for hydroxylation is 2. The monoisotopic (exact) mass is 420 g/mol. The summed E-state index contributed by atoms with van der Waals surface area (Å²) in [6.07, 6.45) is 0. The highest BCUT2D eigenvalue weighted by atomic mass is 16.4. The summed E-state index contributed by atoms with van der Waals surface area (Å²) in [5, 5.41) is 12.4. The van der Waals surface area contributed by atoms with Crippen molar-refractivity contribution in [2.45, 2.75) is 20.4 Å². The Labute approximate surface area is 175 Å². The summed E-state index contributed by atoms with van der Waals surface area (Å²) < 4.78 is 1.77. The van der Waals surface area contributed by atoms with Gasteiger partial charge in [-0.05, 0) is 55.3 Å². The minimum absolute atomic E-state index is 0.00719. The zero-order valence-electron chi connectivity index (χ0n) is 16.9. The molecule has 0 atom stereocenters. The van der Waals surface area contributed by atoms with Gasteiger partial charge in [0, 0.05) is 24.5 Å². The number of rotatable bonds is 5. The van der Waals surface area contributed by atoms with Gasteiger partial charge in [0.05, 0.1) is 16.6 Å². The third-order valence-corrected chi connectivity index (χ3v) is 5.17. The number of nitrogens with one attached hydrogen (secondary N) is 2. The number of nitrogen functional groups attached to an aromatic ring is 1. The maximum Gasteiger partial charge on any atom is 0.349 e. The lowest BCUT2D eigenvalue weighted by Gasteiger charge is -2.18. The van der Waals surface area contributed by atoms with Crippen LogP contribution in [0.5, 0.6) is 0 Å². The van der Waals surface area contributed by atoms with Crippen molar-refractivity contribution < 1.29 is 9.90 Å². The standard InChI is InChI=1S/C21H20N6O4/c1-10-7-15-16(8-11(10)2)27(18-17(24-15)19(28)26-21(31)25-18)6-5-23-12-3-4-14(22)13(9-12)20(29)30/h3-4,7-9,23H,5-6,22H2,1-2H3,(H,29,30)(H,26,28,31). The molecule has 0 bridgehead atoms. The van der Waals surface area contributed by atoms with Crippen LogP contribution < -0.4 is 22.3 Å². The molecule has 0 spiro atoms. The van der Waals surface area contributed by atoms with Gasteiger partial charge in [-0.25, -0.2) is 14.6 Å². The normalized spacial score (nSPS) is 11.2. The average Bonchev–Trinajstić information content (AvgIpc) is 2.70. The molecular formula is C21H20N6O4. The Kier molecular flexibility index (Phi) is 4.90. The van der Waals surface area contributed by atoms with E-state index in [1.807, 2.05) is 26.0 Å². The van der Waals surface area contributed by atoms with Gasteiger partial charge in [-0.3, -0.25) is 9.78 Å². The molecule has 5 N–H and O–H groups in total. The molecule has 0 amide bonds. The van der Waals surface area contributed by atoms with E-state index in [2.05, 4.69) is 20.3 Å². The molecule has 2 heterocycles. The van der Waals surface area contributed by atoms with Crippen LogP contribution in [0.25, 0.3) is 22.6 Å². The number of benzene rings is 2. The summed E-state index contributed by atoms with van der Waals surface area (Å²) in [6.45, 7) is 4.64. The lowest BCUT2D eigenvalue weighted by atomic mass is 10.1. The Hall–Kier alpha value is -4.21. The van der Waals surface area contributed by atoms with Crippen molar-refractivity contribution in [1.29, 1.82) is 0 Å². The first kappa shape index (κ1) is 20.1. The molecule has 158 valence electrons. The number of hydrogen-bond acceptors (Lipinski definition) is 7. The number of aromatic amines is 1. The summed E-state index contributed by atoms with van der Waals surface area (Å²) in [4.78, 5) is 46.0. The van der Waals surface area contributed by atoms with Crippen LogP contribution >= 0.6 is 0 Å². The van der Waals surface area contributed by atoms with E-state index < -0.39 is 17.2 Å². The molecule has 10 heteroatoms. The molecular weight excluding hydrogens is 400 g/mol. The van der Waals surface area contributed by atoms with Crippen LogP contribution in [0.2, 0.25) is 0 Å².